The van der Waals surface area contributed by atoms with E-state index in [0.29, 0.717) is 17.9 Å². The molecular weight excluding hydrogens is 220 g/mol. The van der Waals surface area contributed by atoms with Gasteiger partial charge in [-0.1, -0.05) is 24.8 Å². The standard InChI is InChI=1S/C13H16O4/c1-3-16-13(15)10(2)9-17-12-7-5-4-6-11(12)8-14/h4-7,14H,2-3,8-9H2,1H3. The topological polar surface area (TPSA) is 55.8 Å². The van der Waals surface area contributed by atoms with Crippen LogP contribution < -0.4 is 4.74 Å². The van der Waals surface area contributed by atoms with E-state index in [0.717, 1.165) is 0 Å². The maximum atomic E-state index is 11.3. The van der Waals surface area contributed by atoms with Crippen LogP contribution >= 0.6 is 0 Å². The van der Waals surface area contributed by atoms with Crippen LogP contribution in [0.5, 0.6) is 5.75 Å². The van der Waals surface area contributed by atoms with Crippen molar-refractivity contribution in [3.8, 4) is 5.75 Å². The number of aliphatic hydroxyl groups excluding tert-OH is 1. The Labute approximate surface area is 100 Å². The highest BCUT2D eigenvalue weighted by molar-refractivity contribution is 5.88. The zero-order chi connectivity index (χ0) is 12.7. The first-order valence-corrected chi connectivity index (χ1v) is 5.35. The van der Waals surface area contributed by atoms with Gasteiger partial charge in [0.1, 0.15) is 12.4 Å². The zero-order valence-electron chi connectivity index (χ0n) is 9.81. The minimum Gasteiger partial charge on any atom is -0.488 e. The van der Waals surface area contributed by atoms with Crippen LogP contribution in [0.25, 0.3) is 0 Å². The molecule has 1 aromatic rings. The lowest BCUT2D eigenvalue weighted by molar-refractivity contribution is -0.138. The van der Waals surface area contributed by atoms with Crippen molar-refractivity contribution in [2.24, 2.45) is 0 Å². The molecule has 0 atom stereocenters. The third-order valence-corrected chi connectivity index (χ3v) is 2.11. The van der Waals surface area contributed by atoms with Crippen molar-refractivity contribution < 1.29 is 19.4 Å². The SMILES string of the molecule is C=C(COc1ccccc1CO)C(=O)OCC. The number of esters is 1. The average molecular weight is 236 g/mol. The van der Waals surface area contributed by atoms with Crippen LogP contribution in [0.1, 0.15) is 12.5 Å². The predicted molar refractivity (Wildman–Crippen MR) is 63.6 cm³/mol. The number of ether oxygens (including phenoxy) is 2. The largest absolute Gasteiger partial charge is 0.488 e. The Balaban J connectivity index is 2.55. The molecule has 0 heterocycles. The molecule has 0 amide bonds. The molecule has 1 rings (SSSR count). The van der Waals surface area contributed by atoms with Crippen LogP contribution in [0.3, 0.4) is 0 Å². The molecule has 0 radical (unpaired) electrons. The Morgan fingerprint density at radius 1 is 1.41 bits per heavy atom. The van der Waals surface area contributed by atoms with E-state index in [1.807, 2.05) is 0 Å². The number of carbonyl (C=O) groups excluding carboxylic acids is 1. The fourth-order valence-electron chi connectivity index (χ4n) is 1.23. The van der Waals surface area contributed by atoms with Gasteiger partial charge < -0.3 is 14.6 Å². The van der Waals surface area contributed by atoms with Gasteiger partial charge in [-0.3, -0.25) is 0 Å². The van der Waals surface area contributed by atoms with E-state index in [1.54, 1.807) is 31.2 Å². The Kier molecular flexibility index (Phi) is 5.23. The molecule has 0 spiro atoms. The molecule has 4 nitrogen and oxygen atoms in total. The fraction of sp³-hybridized carbons (Fsp3) is 0.308. The molecule has 1 aromatic carbocycles. The van der Waals surface area contributed by atoms with Gasteiger partial charge in [0.25, 0.3) is 0 Å². The van der Waals surface area contributed by atoms with Crippen LogP contribution in [0.2, 0.25) is 0 Å². The van der Waals surface area contributed by atoms with Crippen LogP contribution in [-0.4, -0.2) is 24.3 Å². The van der Waals surface area contributed by atoms with Crippen molar-refractivity contribution >= 4 is 5.97 Å². The lowest BCUT2D eigenvalue weighted by Crippen LogP contribution is -2.13. The first kappa shape index (κ1) is 13.3. The number of hydrogen-bond donors (Lipinski definition) is 1. The van der Waals surface area contributed by atoms with Crippen molar-refractivity contribution in [3.63, 3.8) is 0 Å². The quantitative estimate of drug-likeness (QED) is 0.603. The van der Waals surface area contributed by atoms with E-state index in [1.165, 1.54) is 0 Å². The minimum absolute atomic E-state index is 0.0514. The summed E-state index contributed by atoms with van der Waals surface area (Å²) in [6, 6.07) is 7.08. The minimum atomic E-state index is -0.464. The summed E-state index contributed by atoms with van der Waals surface area (Å²) in [6.45, 7) is 5.56. The number of para-hydroxylation sites is 1. The molecule has 0 aliphatic heterocycles. The predicted octanol–water partition coefficient (Wildman–Crippen LogP) is 1.68. The molecule has 17 heavy (non-hydrogen) atoms. The molecule has 4 heteroatoms. The third-order valence-electron chi connectivity index (χ3n) is 2.11. The second-order valence-corrected chi connectivity index (χ2v) is 3.38. The normalized spacial score (nSPS) is 9.76. The lowest BCUT2D eigenvalue weighted by atomic mass is 10.2. The summed E-state index contributed by atoms with van der Waals surface area (Å²) in [5.41, 5.74) is 0.920. The molecule has 0 unspecified atom stereocenters. The van der Waals surface area contributed by atoms with Crippen molar-refractivity contribution in [2.45, 2.75) is 13.5 Å². The summed E-state index contributed by atoms with van der Waals surface area (Å²) in [4.78, 5) is 11.3. The molecule has 92 valence electrons. The van der Waals surface area contributed by atoms with Crippen molar-refractivity contribution in [1.82, 2.24) is 0 Å². The van der Waals surface area contributed by atoms with Crippen LogP contribution in [0, 0.1) is 0 Å². The van der Waals surface area contributed by atoms with E-state index in [2.05, 4.69) is 6.58 Å². The van der Waals surface area contributed by atoms with E-state index in [-0.39, 0.29) is 18.8 Å². The van der Waals surface area contributed by atoms with Gasteiger partial charge >= 0.3 is 5.97 Å². The van der Waals surface area contributed by atoms with Gasteiger partial charge in [-0.05, 0) is 13.0 Å². The number of carbonyl (C=O) groups is 1. The van der Waals surface area contributed by atoms with Crippen molar-refractivity contribution in [3.05, 3.63) is 42.0 Å². The number of rotatable bonds is 6. The summed E-state index contributed by atoms with van der Waals surface area (Å²) >= 11 is 0. The highest BCUT2D eigenvalue weighted by Gasteiger charge is 2.09. The van der Waals surface area contributed by atoms with Gasteiger partial charge in [-0.15, -0.1) is 0 Å². The second-order valence-electron chi connectivity index (χ2n) is 3.38. The van der Waals surface area contributed by atoms with E-state index in [9.17, 15) is 4.79 Å². The van der Waals surface area contributed by atoms with Gasteiger partial charge in [0.05, 0.1) is 18.8 Å². The molecule has 0 aliphatic rings. The van der Waals surface area contributed by atoms with Crippen LogP contribution in [-0.2, 0) is 16.1 Å². The Bertz CT molecular complexity index is 398. The molecule has 0 bridgehead atoms. The first-order chi connectivity index (χ1) is 8.19. The summed E-state index contributed by atoms with van der Waals surface area (Å²) in [7, 11) is 0. The molecule has 1 N–H and O–H groups in total. The van der Waals surface area contributed by atoms with Gasteiger partial charge in [-0.25, -0.2) is 4.79 Å². The Hall–Kier alpha value is -1.81. The maximum absolute atomic E-state index is 11.3. The molecule has 0 saturated carbocycles. The first-order valence-electron chi connectivity index (χ1n) is 5.35. The highest BCUT2D eigenvalue weighted by Crippen LogP contribution is 2.18. The zero-order valence-corrected chi connectivity index (χ0v) is 9.81. The van der Waals surface area contributed by atoms with Gasteiger partial charge in [0, 0.05) is 5.56 Å². The van der Waals surface area contributed by atoms with Crippen LogP contribution in [0.4, 0.5) is 0 Å². The third kappa shape index (κ3) is 3.92. The highest BCUT2D eigenvalue weighted by atomic mass is 16.5. The average Bonchev–Trinajstić information content (AvgIpc) is 2.36. The summed E-state index contributed by atoms with van der Waals surface area (Å²) in [5.74, 6) is 0.0782. The molecule has 0 saturated heterocycles. The number of hydrogen-bond acceptors (Lipinski definition) is 4. The summed E-state index contributed by atoms with van der Waals surface area (Å²) in [5, 5.41) is 9.08. The van der Waals surface area contributed by atoms with E-state index < -0.39 is 5.97 Å². The molecular formula is C13H16O4. The summed E-state index contributed by atoms with van der Waals surface area (Å²) in [6.07, 6.45) is 0. The van der Waals surface area contributed by atoms with Crippen LogP contribution in [0.15, 0.2) is 36.4 Å². The van der Waals surface area contributed by atoms with E-state index in [4.69, 9.17) is 14.6 Å². The van der Waals surface area contributed by atoms with Gasteiger partial charge in [0.2, 0.25) is 0 Å². The number of benzene rings is 1. The Morgan fingerprint density at radius 2 is 2.12 bits per heavy atom. The van der Waals surface area contributed by atoms with E-state index >= 15 is 0 Å². The fourth-order valence-corrected chi connectivity index (χ4v) is 1.23. The maximum Gasteiger partial charge on any atom is 0.336 e. The van der Waals surface area contributed by atoms with Gasteiger partial charge in [0.15, 0.2) is 0 Å². The molecule has 0 aliphatic carbocycles. The summed E-state index contributed by atoms with van der Waals surface area (Å²) < 4.78 is 10.2. The second kappa shape index (κ2) is 6.70. The van der Waals surface area contributed by atoms with Crippen molar-refractivity contribution in [2.75, 3.05) is 13.2 Å². The molecule has 0 fully saturated rings. The monoisotopic (exact) mass is 236 g/mol. The smallest absolute Gasteiger partial charge is 0.336 e. The number of aliphatic hydroxyl groups is 1. The Morgan fingerprint density at radius 3 is 2.76 bits per heavy atom. The lowest BCUT2D eigenvalue weighted by Gasteiger charge is -2.10. The van der Waals surface area contributed by atoms with Crippen molar-refractivity contribution in [1.29, 1.82) is 0 Å². The van der Waals surface area contributed by atoms with Gasteiger partial charge in [-0.2, -0.15) is 0 Å². The molecule has 0 aromatic heterocycles.